The number of ether oxygens (including phenoxy) is 2. The Kier molecular flexibility index (Phi) is 10.2. The Morgan fingerprint density at radius 2 is 1.84 bits per heavy atom. The van der Waals surface area contributed by atoms with Gasteiger partial charge in [-0.2, -0.15) is 5.26 Å². The van der Waals surface area contributed by atoms with Crippen LogP contribution < -0.4 is 14.8 Å². The summed E-state index contributed by atoms with van der Waals surface area (Å²) in [5.74, 6) is 0.420. The number of anilines is 1. The summed E-state index contributed by atoms with van der Waals surface area (Å²) in [6.07, 6.45) is 5.80. The molecule has 0 heterocycles. The van der Waals surface area contributed by atoms with Crippen LogP contribution in [0.3, 0.4) is 0 Å². The van der Waals surface area contributed by atoms with E-state index < -0.39 is 5.91 Å². The van der Waals surface area contributed by atoms with Gasteiger partial charge in [-0.15, -0.1) is 0 Å². The van der Waals surface area contributed by atoms with Crippen LogP contribution in [0, 0.1) is 11.3 Å². The second-order valence-electron chi connectivity index (χ2n) is 6.80. The van der Waals surface area contributed by atoms with Crippen molar-refractivity contribution >= 4 is 40.9 Å². The van der Waals surface area contributed by atoms with Crippen LogP contribution in [0.2, 0.25) is 10.0 Å². The molecule has 7 heteroatoms. The van der Waals surface area contributed by atoms with E-state index in [4.69, 9.17) is 32.7 Å². The summed E-state index contributed by atoms with van der Waals surface area (Å²) >= 11 is 12.3. The SMILES string of the molecule is CCCCCCOc1c(Cl)cc(/C=C(/C#N)C(=O)Nc2ccc(Cl)cc2)cc1OCC. The van der Waals surface area contributed by atoms with Crippen molar-refractivity contribution < 1.29 is 14.3 Å². The Hall–Kier alpha value is -2.68. The van der Waals surface area contributed by atoms with E-state index in [2.05, 4.69) is 12.2 Å². The van der Waals surface area contributed by atoms with E-state index in [1.165, 1.54) is 6.08 Å². The van der Waals surface area contributed by atoms with Gasteiger partial charge in [0.2, 0.25) is 0 Å². The van der Waals surface area contributed by atoms with Crippen LogP contribution in [0.25, 0.3) is 6.08 Å². The maximum absolute atomic E-state index is 12.5. The van der Waals surface area contributed by atoms with Crippen LogP contribution in [0.4, 0.5) is 5.69 Å². The fraction of sp³-hybridized carbons (Fsp3) is 0.333. The van der Waals surface area contributed by atoms with Crippen LogP contribution >= 0.6 is 23.2 Å². The Labute approximate surface area is 193 Å². The Morgan fingerprint density at radius 3 is 2.48 bits per heavy atom. The second kappa shape index (κ2) is 12.9. The van der Waals surface area contributed by atoms with Gasteiger partial charge in [-0.1, -0.05) is 49.4 Å². The van der Waals surface area contributed by atoms with Gasteiger partial charge in [0.05, 0.1) is 18.2 Å². The molecule has 5 nitrogen and oxygen atoms in total. The molecule has 0 saturated carbocycles. The van der Waals surface area contributed by atoms with Gasteiger partial charge in [-0.25, -0.2) is 0 Å². The molecule has 0 atom stereocenters. The van der Waals surface area contributed by atoms with Crippen LogP contribution in [0.5, 0.6) is 11.5 Å². The first-order valence-corrected chi connectivity index (χ1v) is 11.0. The molecule has 0 unspecified atom stereocenters. The number of carbonyl (C=O) groups is 1. The number of nitrogens with zero attached hydrogens (tertiary/aromatic N) is 1. The van der Waals surface area contributed by atoms with E-state index in [0.717, 1.165) is 25.7 Å². The predicted molar refractivity (Wildman–Crippen MR) is 126 cm³/mol. The van der Waals surface area contributed by atoms with Gasteiger partial charge in [0.15, 0.2) is 11.5 Å². The molecule has 164 valence electrons. The molecule has 2 aromatic rings. The number of nitrogens with one attached hydrogen (secondary N) is 1. The standard InChI is InChI=1S/C24H26Cl2N2O3/c1-3-5-6-7-12-31-23-21(26)14-17(15-22(23)30-4-2)13-18(16-27)24(29)28-20-10-8-19(25)9-11-20/h8-11,13-15H,3-7,12H2,1-2H3,(H,28,29)/b18-13-. The van der Waals surface area contributed by atoms with Crippen molar-refractivity contribution in [2.75, 3.05) is 18.5 Å². The fourth-order valence-electron chi connectivity index (χ4n) is 2.82. The highest BCUT2D eigenvalue weighted by Crippen LogP contribution is 2.37. The zero-order valence-corrected chi connectivity index (χ0v) is 19.2. The lowest BCUT2D eigenvalue weighted by molar-refractivity contribution is -0.112. The molecule has 0 radical (unpaired) electrons. The fourth-order valence-corrected chi connectivity index (χ4v) is 3.22. The van der Waals surface area contributed by atoms with Crippen molar-refractivity contribution in [3.05, 3.63) is 57.6 Å². The first-order chi connectivity index (χ1) is 15.0. The van der Waals surface area contributed by atoms with Crippen molar-refractivity contribution in [3.63, 3.8) is 0 Å². The summed E-state index contributed by atoms with van der Waals surface area (Å²) in [6, 6.07) is 11.9. The summed E-state index contributed by atoms with van der Waals surface area (Å²) in [6.45, 7) is 4.99. The van der Waals surface area contributed by atoms with Crippen LogP contribution in [-0.2, 0) is 4.79 Å². The molecule has 0 aliphatic carbocycles. The van der Waals surface area contributed by atoms with E-state index in [0.29, 0.717) is 46.0 Å². The number of rotatable bonds is 11. The van der Waals surface area contributed by atoms with E-state index >= 15 is 0 Å². The summed E-state index contributed by atoms with van der Waals surface area (Å²) in [5, 5.41) is 13.1. The Morgan fingerprint density at radius 1 is 1.10 bits per heavy atom. The molecule has 0 aromatic heterocycles. The van der Waals surface area contributed by atoms with Gasteiger partial charge in [-0.05, 0) is 61.4 Å². The lowest BCUT2D eigenvalue weighted by Crippen LogP contribution is -2.13. The first-order valence-electron chi connectivity index (χ1n) is 10.3. The molecular formula is C24H26Cl2N2O3. The van der Waals surface area contributed by atoms with Crippen LogP contribution in [0.15, 0.2) is 42.0 Å². The number of unbranched alkanes of at least 4 members (excludes halogenated alkanes) is 3. The van der Waals surface area contributed by atoms with Gasteiger partial charge in [0.1, 0.15) is 11.6 Å². The van der Waals surface area contributed by atoms with Crippen molar-refractivity contribution in [3.8, 4) is 17.6 Å². The predicted octanol–water partition coefficient (Wildman–Crippen LogP) is 6.90. The minimum atomic E-state index is -0.532. The molecule has 0 aliphatic heterocycles. The molecule has 0 fully saturated rings. The van der Waals surface area contributed by atoms with E-state index in [1.54, 1.807) is 36.4 Å². The largest absolute Gasteiger partial charge is 0.490 e. The molecule has 1 N–H and O–H groups in total. The zero-order chi connectivity index (χ0) is 22.6. The van der Waals surface area contributed by atoms with Gasteiger partial charge in [0, 0.05) is 10.7 Å². The number of amides is 1. The first kappa shape index (κ1) is 24.6. The van der Waals surface area contributed by atoms with Crippen molar-refractivity contribution in [1.29, 1.82) is 5.26 Å². The summed E-state index contributed by atoms with van der Waals surface area (Å²) in [7, 11) is 0. The van der Waals surface area contributed by atoms with Gasteiger partial charge in [0.25, 0.3) is 5.91 Å². The van der Waals surface area contributed by atoms with Gasteiger partial charge >= 0.3 is 0 Å². The number of hydrogen-bond donors (Lipinski definition) is 1. The maximum Gasteiger partial charge on any atom is 0.266 e. The van der Waals surface area contributed by atoms with E-state index in [1.807, 2.05) is 13.0 Å². The molecule has 31 heavy (non-hydrogen) atoms. The Bertz CT molecular complexity index is 951. The quantitative estimate of drug-likeness (QED) is 0.225. The van der Waals surface area contributed by atoms with E-state index in [-0.39, 0.29) is 5.57 Å². The van der Waals surface area contributed by atoms with E-state index in [9.17, 15) is 10.1 Å². The van der Waals surface area contributed by atoms with Crippen LogP contribution in [0.1, 0.15) is 45.1 Å². The highest BCUT2D eigenvalue weighted by atomic mass is 35.5. The Balaban J connectivity index is 2.20. The third kappa shape index (κ3) is 7.82. The minimum Gasteiger partial charge on any atom is -0.490 e. The molecule has 0 spiro atoms. The maximum atomic E-state index is 12.5. The molecule has 0 bridgehead atoms. The van der Waals surface area contributed by atoms with Gasteiger partial charge in [-0.3, -0.25) is 4.79 Å². The smallest absolute Gasteiger partial charge is 0.266 e. The van der Waals surface area contributed by atoms with Crippen molar-refractivity contribution in [2.45, 2.75) is 39.5 Å². The normalized spacial score (nSPS) is 11.0. The number of hydrogen-bond acceptors (Lipinski definition) is 4. The lowest BCUT2D eigenvalue weighted by Gasteiger charge is -2.14. The third-order valence-corrected chi connectivity index (χ3v) is 4.89. The topological polar surface area (TPSA) is 71.3 Å². The van der Waals surface area contributed by atoms with Gasteiger partial charge < -0.3 is 14.8 Å². The second-order valence-corrected chi connectivity index (χ2v) is 7.65. The highest BCUT2D eigenvalue weighted by molar-refractivity contribution is 6.32. The molecule has 1 amide bonds. The van der Waals surface area contributed by atoms with Crippen LogP contribution in [-0.4, -0.2) is 19.1 Å². The van der Waals surface area contributed by atoms with Crippen molar-refractivity contribution in [1.82, 2.24) is 0 Å². The number of carbonyl (C=O) groups excluding carboxylic acids is 1. The molecule has 0 saturated heterocycles. The lowest BCUT2D eigenvalue weighted by atomic mass is 10.1. The summed E-state index contributed by atoms with van der Waals surface area (Å²) in [5.41, 5.74) is 1.03. The minimum absolute atomic E-state index is 0.0679. The third-order valence-electron chi connectivity index (χ3n) is 4.35. The highest BCUT2D eigenvalue weighted by Gasteiger charge is 2.15. The number of benzene rings is 2. The molecular weight excluding hydrogens is 435 g/mol. The average Bonchev–Trinajstić information content (AvgIpc) is 2.75. The van der Waals surface area contributed by atoms with Crippen molar-refractivity contribution in [2.24, 2.45) is 0 Å². The zero-order valence-electron chi connectivity index (χ0n) is 17.7. The average molecular weight is 461 g/mol. The summed E-state index contributed by atoms with van der Waals surface area (Å²) in [4.78, 5) is 12.5. The number of halogens is 2. The molecule has 2 rings (SSSR count). The monoisotopic (exact) mass is 460 g/mol. The number of nitriles is 1. The summed E-state index contributed by atoms with van der Waals surface area (Å²) < 4.78 is 11.5. The molecule has 2 aromatic carbocycles. The molecule has 0 aliphatic rings.